The molecule has 0 aromatic carbocycles. The third kappa shape index (κ3) is 4.22. The van der Waals surface area contributed by atoms with Gasteiger partial charge in [-0.25, -0.2) is 0 Å². The molecule has 1 nitrogen and oxygen atoms in total. The molecule has 0 amide bonds. The maximum absolute atomic E-state index is 3.25. The fourth-order valence-electron chi connectivity index (χ4n) is 1.23. The predicted molar refractivity (Wildman–Crippen MR) is 69.4 cm³/mol. The van der Waals surface area contributed by atoms with Gasteiger partial charge in [0, 0.05) is 18.2 Å². The first-order chi connectivity index (χ1) is 7.04. The van der Waals surface area contributed by atoms with E-state index in [2.05, 4.69) is 50.6 Å². The summed E-state index contributed by atoms with van der Waals surface area (Å²) in [5.74, 6) is 7.53. The van der Waals surface area contributed by atoms with Crippen molar-refractivity contribution < 1.29 is 0 Å². The van der Waals surface area contributed by atoms with Crippen molar-refractivity contribution in [2.24, 2.45) is 0 Å². The molecule has 2 heteroatoms. The van der Waals surface area contributed by atoms with Crippen LogP contribution in [0.3, 0.4) is 0 Å². The highest BCUT2D eigenvalue weighted by molar-refractivity contribution is 8.03. The van der Waals surface area contributed by atoms with E-state index in [1.807, 2.05) is 11.8 Å². The van der Waals surface area contributed by atoms with Gasteiger partial charge in [-0.1, -0.05) is 36.9 Å². The topological polar surface area (TPSA) is 3.24 Å². The van der Waals surface area contributed by atoms with Crippen molar-refractivity contribution in [1.29, 1.82) is 0 Å². The predicted octanol–water partition coefficient (Wildman–Crippen LogP) is 3.83. The molecule has 1 aliphatic heterocycles. The van der Waals surface area contributed by atoms with Gasteiger partial charge in [-0.2, -0.15) is 0 Å². The Morgan fingerprint density at radius 1 is 1.47 bits per heavy atom. The van der Waals surface area contributed by atoms with Crippen LogP contribution in [0.1, 0.15) is 47.0 Å². The molecule has 0 saturated carbocycles. The second-order valence-electron chi connectivity index (χ2n) is 4.81. The number of nitrogens with zero attached hydrogens (tertiary/aromatic N) is 1. The molecule has 15 heavy (non-hydrogen) atoms. The fraction of sp³-hybridized carbons (Fsp3) is 0.692. The highest BCUT2D eigenvalue weighted by Crippen LogP contribution is 2.30. The Kier molecular flexibility index (Phi) is 4.60. The van der Waals surface area contributed by atoms with Gasteiger partial charge in [0.2, 0.25) is 0 Å². The van der Waals surface area contributed by atoms with E-state index in [0.29, 0.717) is 0 Å². The number of rotatable bonds is 2. The van der Waals surface area contributed by atoms with Gasteiger partial charge in [0.05, 0.1) is 10.8 Å². The second kappa shape index (κ2) is 5.51. The molecule has 1 aliphatic rings. The molecule has 0 atom stereocenters. The average Bonchev–Trinajstić information content (AvgIpc) is 2.60. The van der Waals surface area contributed by atoms with E-state index in [-0.39, 0.29) is 5.54 Å². The summed E-state index contributed by atoms with van der Waals surface area (Å²) in [6, 6.07) is 0. The number of unbranched alkanes of at least 4 members (excludes halogenated alkanes) is 2. The van der Waals surface area contributed by atoms with E-state index in [0.717, 1.165) is 12.3 Å². The van der Waals surface area contributed by atoms with Crippen LogP contribution in [-0.2, 0) is 0 Å². The van der Waals surface area contributed by atoms with Crippen molar-refractivity contribution in [2.75, 3.05) is 5.88 Å². The molecule has 0 unspecified atom stereocenters. The molecular formula is C13H21NS. The number of hydrogen-bond donors (Lipinski definition) is 0. The van der Waals surface area contributed by atoms with Crippen molar-refractivity contribution in [3.8, 4) is 11.8 Å². The monoisotopic (exact) mass is 223 g/mol. The molecular weight excluding hydrogens is 202 g/mol. The molecule has 1 rings (SSSR count). The Morgan fingerprint density at radius 3 is 2.73 bits per heavy atom. The summed E-state index contributed by atoms with van der Waals surface area (Å²) in [5.41, 5.74) is 0.222. The van der Waals surface area contributed by atoms with E-state index >= 15 is 0 Å². The molecule has 0 aliphatic carbocycles. The lowest BCUT2D eigenvalue weighted by Gasteiger charge is -2.30. The summed E-state index contributed by atoms with van der Waals surface area (Å²) in [5, 5.41) is 0. The largest absolute Gasteiger partial charge is 0.361 e. The van der Waals surface area contributed by atoms with E-state index in [1.165, 1.54) is 17.7 Å². The molecule has 0 N–H and O–H groups in total. The first kappa shape index (κ1) is 12.5. The van der Waals surface area contributed by atoms with Gasteiger partial charge in [-0.15, -0.1) is 0 Å². The van der Waals surface area contributed by atoms with E-state index < -0.39 is 0 Å². The minimum absolute atomic E-state index is 0.222. The van der Waals surface area contributed by atoms with E-state index in [4.69, 9.17) is 0 Å². The van der Waals surface area contributed by atoms with E-state index in [1.54, 1.807) is 0 Å². The Balaban J connectivity index is 2.47. The second-order valence-corrected chi connectivity index (χ2v) is 5.80. The number of thioether (sulfide) groups is 1. The zero-order chi connectivity index (χ0) is 11.3. The van der Waals surface area contributed by atoms with Gasteiger partial charge < -0.3 is 4.90 Å². The summed E-state index contributed by atoms with van der Waals surface area (Å²) in [6.07, 6.45) is 5.68. The summed E-state index contributed by atoms with van der Waals surface area (Å²) < 4.78 is 0. The normalized spacial score (nSPS) is 16.0. The van der Waals surface area contributed by atoms with Crippen LogP contribution in [0, 0.1) is 11.8 Å². The summed E-state index contributed by atoms with van der Waals surface area (Å²) in [7, 11) is 0. The molecule has 0 fully saturated rings. The lowest BCUT2D eigenvalue weighted by molar-refractivity contribution is 0.243. The van der Waals surface area contributed by atoms with Crippen LogP contribution >= 0.6 is 11.8 Å². The molecule has 0 saturated heterocycles. The zero-order valence-electron chi connectivity index (χ0n) is 10.3. The Bertz CT molecular complexity index is 288. The van der Waals surface area contributed by atoms with Crippen molar-refractivity contribution in [2.45, 2.75) is 52.5 Å². The Morgan fingerprint density at radius 2 is 2.20 bits per heavy atom. The first-order valence-electron chi connectivity index (χ1n) is 5.64. The van der Waals surface area contributed by atoms with Crippen molar-refractivity contribution in [3.63, 3.8) is 0 Å². The Labute approximate surface area is 98.3 Å². The van der Waals surface area contributed by atoms with Crippen LogP contribution in [0.25, 0.3) is 0 Å². The molecule has 0 radical (unpaired) electrons. The van der Waals surface area contributed by atoms with Gasteiger partial charge >= 0.3 is 0 Å². The fourth-order valence-corrected chi connectivity index (χ4v) is 2.31. The van der Waals surface area contributed by atoms with Gasteiger partial charge in [0.1, 0.15) is 0 Å². The minimum atomic E-state index is 0.222. The number of allylic oxidation sites excluding steroid dienone is 1. The summed E-state index contributed by atoms with van der Waals surface area (Å²) in [4.78, 5) is 3.57. The third-order valence-electron chi connectivity index (χ3n) is 2.36. The lowest BCUT2D eigenvalue weighted by Crippen LogP contribution is -2.34. The highest BCUT2D eigenvalue weighted by atomic mass is 32.2. The van der Waals surface area contributed by atoms with Gasteiger partial charge in [-0.05, 0) is 27.2 Å². The smallest absolute Gasteiger partial charge is 0.0750 e. The standard InChI is InChI=1S/C13H21NS/c1-5-6-7-8-9-12-10-14(11-15-12)13(2,3)4/h10H,5-7,11H2,1-4H3. The van der Waals surface area contributed by atoms with E-state index in [9.17, 15) is 0 Å². The summed E-state index contributed by atoms with van der Waals surface area (Å²) >= 11 is 1.85. The molecule has 0 bridgehead atoms. The molecule has 0 spiro atoms. The SMILES string of the molecule is CCCCC#CC1=CN(C(C)(C)C)CS1. The quantitative estimate of drug-likeness (QED) is 0.517. The van der Waals surface area contributed by atoms with Gasteiger partial charge in [-0.3, -0.25) is 0 Å². The number of hydrogen-bond acceptors (Lipinski definition) is 2. The minimum Gasteiger partial charge on any atom is -0.361 e. The molecule has 1 heterocycles. The highest BCUT2D eigenvalue weighted by Gasteiger charge is 2.22. The van der Waals surface area contributed by atoms with Crippen LogP contribution in [0.2, 0.25) is 0 Å². The third-order valence-corrected chi connectivity index (χ3v) is 3.29. The first-order valence-corrected chi connectivity index (χ1v) is 6.63. The average molecular weight is 223 g/mol. The van der Waals surface area contributed by atoms with Crippen LogP contribution in [-0.4, -0.2) is 16.3 Å². The van der Waals surface area contributed by atoms with Gasteiger partial charge in [0.25, 0.3) is 0 Å². The van der Waals surface area contributed by atoms with Crippen LogP contribution < -0.4 is 0 Å². The maximum Gasteiger partial charge on any atom is 0.0750 e. The van der Waals surface area contributed by atoms with Crippen molar-refractivity contribution >= 4 is 11.8 Å². The van der Waals surface area contributed by atoms with Crippen molar-refractivity contribution in [1.82, 2.24) is 4.90 Å². The summed E-state index contributed by atoms with van der Waals surface area (Å²) in [6.45, 7) is 8.90. The molecule has 0 aromatic rings. The van der Waals surface area contributed by atoms with Crippen LogP contribution in [0.5, 0.6) is 0 Å². The van der Waals surface area contributed by atoms with Crippen molar-refractivity contribution in [3.05, 3.63) is 11.1 Å². The van der Waals surface area contributed by atoms with Crippen LogP contribution in [0.15, 0.2) is 11.1 Å². The maximum atomic E-state index is 3.25. The Hall–Kier alpha value is -0.550. The molecule has 0 aromatic heterocycles. The zero-order valence-corrected chi connectivity index (χ0v) is 11.1. The van der Waals surface area contributed by atoms with Crippen LogP contribution in [0.4, 0.5) is 0 Å². The lowest BCUT2D eigenvalue weighted by atomic mass is 10.1. The van der Waals surface area contributed by atoms with Gasteiger partial charge in [0.15, 0.2) is 0 Å². The molecule has 84 valence electrons.